The lowest BCUT2D eigenvalue weighted by molar-refractivity contribution is 0.0276. The summed E-state index contributed by atoms with van der Waals surface area (Å²) in [6, 6.07) is 0. The summed E-state index contributed by atoms with van der Waals surface area (Å²) in [5.41, 5.74) is 0.414. The van der Waals surface area contributed by atoms with Crippen LogP contribution in [-0.2, 0) is 9.47 Å². The summed E-state index contributed by atoms with van der Waals surface area (Å²) in [4.78, 5) is 4.34. The maximum absolute atomic E-state index is 5.97. The molecule has 2 aliphatic rings. The van der Waals surface area contributed by atoms with Gasteiger partial charge in [-0.05, 0) is 43.9 Å². The van der Waals surface area contributed by atoms with Crippen molar-refractivity contribution in [3.05, 3.63) is 0 Å². The molecule has 2 saturated carbocycles. The standard InChI is InChI=1S/C19H37N3O2.HI/c1-20-18(22-16-19(10-6-11-19)12-15-23-2)21-13-7-14-24-17-8-4-3-5-9-17;/h17H,3-16H2,1-2H3,(H2,20,21,22);1H. The molecule has 148 valence electrons. The van der Waals surface area contributed by atoms with Gasteiger partial charge in [-0.1, -0.05) is 25.7 Å². The van der Waals surface area contributed by atoms with E-state index < -0.39 is 0 Å². The highest BCUT2D eigenvalue weighted by Gasteiger charge is 2.36. The molecule has 0 aromatic carbocycles. The lowest BCUT2D eigenvalue weighted by Gasteiger charge is -2.42. The van der Waals surface area contributed by atoms with Gasteiger partial charge in [-0.2, -0.15) is 0 Å². The Morgan fingerprint density at radius 3 is 2.44 bits per heavy atom. The fraction of sp³-hybridized carbons (Fsp3) is 0.947. The Labute approximate surface area is 171 Å². The highest BCUT2D eigenvalue weighted by atomic mass is 127. The van der Waals surface area contributed by atoms with Crippen LogP contribution in [-0.4, -0.2) is 52.5 Å². The number of methoxy groups -OCH3 is 1. The first-order chi connectivity index (χ1) is 11.8. The number of halogens is 1. The molecular weight excluding hydrogens is 429 g/mol. The average Bonchev–Trinajstić information content (AvgIpc) is 2.59. The predicted molar refractivity (Wildman–Crippen MR) is 115 cm³/mol. The summed E-state index contributed by atoms with van der Waals surface area (Å²) in [7, 11) is 3.63. The van der Waals surface area contributed by atoms with Crippen molar-refractivity contribution in [3.63, 3.8) is 0 Å². The molecule has 5 nitrogen and oxygen atoms in total. The molecule has 2 rings (SSSR count). The number of ether oxygens (including phenoxy) is 2. The molecule has 0 spiro atoms. The van der Waals surface area contributed by atoms with Gasteiger partial charge in [0.1, 0.15) is 0 Å². The van der Waals surface area contributed by atoms with Crippen molar-refractivity contribution in [2.45, 2.75) is 70.3 Å². The van der Waals surface area contributed by atoms with Gasteiger partial charge in [-0.25, -0.2) is 0 Å². The minimum Gasteiger partial charge on any atom is -0.385 e. The van der Waals surface area contributed by atoms with Gasteiger partial charge in [-0.15, -0.1) is 24.0 Å². The molecule has 6 heteroatoms. The Bertz CT molecular complexity index is 370. The SMILES string of the molecule is CN=C(NCCCOC1CCCCC1)NCC1(CCOC)CCC1.I. The van der Waals surface area contributed by atoms with Crippen molar-refractivity contribution in [1.82, 2.24) is 10.6 Å². The molecule has 0 amide bonds. The normalized spacial score (nSPS) is 20.5. The summed E-state index contributed by atoms with van der Waals surface area (Å²) in [6.07, 6.45) is 13.2. The van der Waals surface area contributed by atoms with E-state index >= 15 is 0 Å². The Kier molecular flexibility index (Phi) is 12.1. The lowest BCUT2D eigenvalue weighted by Crippen LogP contribution is -2.47. The minimum atomic E-state index is 0. The molecule has 25 heavy (non-hydrogen) atoms. The Balaban J connectivity index is 0.00000312. The third-order valence-electron chi connectivity index (χ3n) is 5.62. The number of nitrogens with zero attached hydrogens (tertiary/aromatic N) is 1. The second-order valence-electron chi connectivity index (χ2n) is 7.43. The molecule has 0 radical (unpaired) electrons. The molecule has 0 aromatic rings. The number of hydrogen-bond acceptors (Lipinski definition) is 3. The van der Waals surface area contributed by atoms with E-state index in [4.69, 9.17) is 9.47 Å². The van der Waals surface area contributed by atoms with E-state index in [0.717, 1.165) is 45.1 Å². The van der Waals surface area contributed by atoms with Crippen molar-refractivity contribution in [1.29, 1.82) is 0 Å². The largest absolute Gasteiger partial charge is 0.385 e. The third-order valence-corrected chi connectivity index (χ3v) is 5.62. The van der Waals surface area contributed by atoms with Crippen LogP contribution < -0.4 is 10.6 Å². The Hall–Kier alpha value is -0.0800. The van der Waals surface area contributed by atoms with Gasteiger partial charge in [0.25, 0.3) is 0 Å². The van der Waals surface area contributed by atoms with Crippen LogP contribution in [0.3, 0.4) is 0 Å². The van der Waals surface area contributed by atoms with E-state index in [0.29, 0.717) is 11.5 Å². The van der Waals surface area contributed by atoms with Crippen LogP contribution in [0.2, 0.25) is 0 Å². The van der Waals surface area contributed by atoms with Gasteiger partial charge in [0, 0.05) is 40.5 Å². The van der Waals surface area contributed by atoms with Gasteiger partial charge in [0.05, 0.1) is 6.10 Å². The van der Waals surface area contributed by atoms with E-state index in [1.165, 1.54) is 51.4 Å². The van der Waals surface area contributed by atoms with Crippen LogP contribution in [0, 0.1) is 5.41 Å². The smallest absolute Gasteiger partial charge is 0.190 e. The first-order valence-electron chi connectivity index (χ1n) is 9.83. The van der Waals surface area contributed by atoms with Crippen LogP contribution in [0.15, 0.2) is 4.99 Å². The number of rotatable bonds is 10. The van der Waals surface area contributed by atoms with Crippen molar-refractivity contribution in [2.75, 3.05) is 40.5 Å². The topological polar surface area (TPSA) is 54.9 Å². The predicted octanol–water partition coefficient (Wildman–Crippen LogP) is 3.72. The zero-order valence-corrected chi connectivity index (χ0v) is 18.5. The van der Waals surface area contributed by atoms with Gasteiger partial charge >= 0.3 is 0 Å². The fourth-order valence-electron chi connectivity index (χ4n) is 3.76. The molecular formula is C19H38IN3O2. The molecule has 2 N–H and O–H groups in total. The van der Waals surface area contributed by atoms with Gasteiger partial charge in [-0.3, -0.25) is 4.99 Å². The van der Waals surface area contributed by atoms with Crippen LogP contribution >= 0.6 is 24.0 Å². The van der Waals surface area contributed by atoms with E-state index in [1.54, 1.807) is 7.11 Å². The number of aliphatic imine (C=N–C) groups is 1. The second kappa shape index (κ2) is 13.1. The first kappa shape index (κ1) is 23.0. The molecule has 0 atom stereocenters. The average molecular weight is 467 g/mol. The van der Waals surface area contributed by atoms with E-state index in [-0.39, 0.29) is 24.0 Å². The van der Waals surface area contributed by atoms with Crippen LogP contribution in [0.5, 0.6) is 0 Å². The van der Waals surface area contributed by atoms with Gasteiger partial charge in [0.2, 0.25) is 0 Å². The zero-order chi connectivity index (χ0) is 17.1. The first-order valence-corrected chi connectivity index (χ1v) is 9.83. The van der Waals surface area contributed by atoms with Gasteiger partial charge < -0.3 is 20.1 Å². The zero-order valence-electron chi connectivity index (χ0n) is 16.1. The maximum Gasteiger partial charge on any atom is 0.190 e. The molecule has 0 heterocycles. The molecule has 0 unspecified atom stereocenters. The summed E-state index contributed by atoms with van der Waals surface area (Å²) < 4.78 is 11.2. The highest BCUT2D eigenvalue weighted by Crippen LogP contribution is 2.43. The van der Waals surface area contributed by atoms with Gasteiger partial charge in [0.15, 0.2) is 5.96 Å². The quantitative estimate of drug-likeness (QED) is 0.223. The number of guanidine groups is 1. The second-order valence-corrected chi connectivity index (χ2v) is 7.43. The Morgan fingerprint density at radius 2 is 1.84 bits per heavy atom. The van der Waals surface area contributed by atoms with E-state index in [1.807, 2.05) is 7.05 Å². The number of hydrogen-bond donors (Lipinski definition) is 2. The maximum atomic E-state index is 5.97. The summed E-state index contributed by atoms with van der Waals surface area (Å²) >= 11 is 0. The molecule has 0 aromatic heterocycles. The minimum absolute atomic E-state index is 0. The summed E-state index contributed by atoms with van der Waals surface area (Å²) in [5.74, 6) is 0.913. The van der Waals surface area contributed by atoms with Crippen LogP contribution in [0.4, 0.5) is 0 Å². The lowest BCUT2D eigenvalue weighted by atomic mass is 9.67. The van der Waals surface area contributed by atoms with Crippen LogP contribution in [0.1, 0.15) is 64.2 Å². The summed E-state index contributed by atoms with van der Waals surface area (Å²) in [5, 5.41) is 6.92. The van der Waals surface area contributed by atoms with E-state index in [9.17, 15) is 0 Å². The van der Waals surface area contributed by atoms with Crippen molar-refractivity contribution >= 4 is 29.9 Å². The van der Waals surface area contributed by atoms with Crippen molar-refractivity contribution < 1.29 is 9.47 Å². The molecule has 0 saturated heterocycles. The summed E-state index contributed by atoms with van der Waals surface area (Å²) in [6.45, 7) is 3.62. The highest BCUT2D eigenvalue weighted by molar-refractivity contribution is 14.0. The van der Waals surface area contributed by atoms with Crippen molar-refractivity contribution in [3.8, 4) is 0 Å². The Morgan fingerprint density at radius 1 is 1.08 bits per heavy atom. The molecule has 2 aliphatic carbocycles. The molecule has 2 fully saturated rings. The van der Waals surface area contributed by atoms with E-state index in [2.05, 4.69) is 15.6 Å². The fourth-order valence-corrected chi connectivity index (χ4v) is 3.76. The van der Waals surface area contributed by atoms with Crippen LogP contribution in [0.25, 0.3) is 0 Å². The molecule has 0 bridgehead atoms. The third kappa shape index (κ3) is 8.43. The molecule has 0 aliphatic heterocycles. The van der Waals surface area contributed by atoms with Crippen molar-refractivity contribution in [2.24, 2.45) is 10.4 Å². The monoisotopic (exact) mass is 467 g/mol. The number of nitrogens with one attached hydrogen (secondary N) is 2.